The fourth-order valence-electron chi connectivity index (χ4n) is 4.06. The summed E-state index contributed by atoms with van der Waals surface area (Å²) < 4.78 is 0. The highest BCUT2D eigenvalue weighted by Gasteiger charge is 2.36. The van der Waals surface area contributed by atoms with E-state index < -0.39 is 0 Å². The number of benzene rings is 1. The molecule has 2 amide bonds. The Bertz CT molecular complexity index is 847. The van der Waals surface area contributed by atoms with Crippen molar-refractivity contribution in [3.05, 3.63) is 42.1 Å². The number of carbonyl (C=O) groups is 2. The Balaban J connectivity index is 1.46. The molecule has 2 aromatic rings. The topological polar surface area (TPSA) is 82.5 Å². The normalized spacial score (nSPS) is 23.3. The number of aliphatic hydroxyl groups excluding tert-OH is 1. The van der Waals surface area contributed by atoms with Crippen LogP contribution in [0, 0.1) is 5.92 Å². The van der Waals surface area contributed by atoms with Crippen molar-refractivity contribution in [2.75, 3.05) is 13.1 Å². The molecule has 27 heavy (non-hydrogen) atoms. The Morgan fingerprint density at radius 3 is 2.89 bits per heavy atom. The molecular formula is C21H25N3O3. The van der Waals surface area contributed by atoms with Crippen molar-refractivity contribution >= 4 is 22.7 Å². The Kier molecular flexibility index (Phi) is 5.07. The SMILES string of the molecule is O=C(CCN1CCCC1=O)N[C@H](c1cnc2ccccc2c1)C1CC(O)C1. The van der Waals surface area contributed by atoms with E-state index in [4.69, 9.17) is 0 Å². The Labute approximate surface area is 158 Å². The van der Waals surface area contributed by atoms with E-state index in [0.29, 0.717) is 32.2 Å². The Morgan fingerprint density at radius 1 is 1.33 bits per heavy atom. The van der Waals surface area contributed by atoms with Gasteiger partial charge in [-0.05, 0) is 42.9 Å². The van der Waals surface area contributed by atoms with Gasteiger partial charge in [0, 0.05) is 37.5 Å². The number of nitrogens with one attached hydrogen (secondary N) is 1. The largest absolute Gasteiger partial charge is 0.393 e. The fourth-order valence-corrected chi connectivity index (χ4v) is 4.06. The number of hydrogen-bond acceptors (Lipinski definition) is 4. The van der Waals surface area contributed by atoms with Gasteiger partial charge in [0.15, 0.2) is 0 Å². The van der Waals surface area contributed by atoms with E-state index in [0.717, 1.165) is 29.4 Å². The zero-order chi connectivity index (χ0) is 18.8. The van der Waals surface area contributed by atoms with Gasteiger partial charge in [0.1, 0.15) is 0 Å². The summed E-state index contributed by atoms with van der Waals surface area (Å²) in [5.74, 6) is 0.287. The maximum absolute atomic E-state index is 12.5. The number of fused-ring (bicyclic) bond motifs is 1. The highest BCUT2D eigenvalue weighted by molar-refractivity contribution is 5.81. The molecule has 4 rings (SSSR count). The van der Waals surface area contributed by atoms with Crippen LogP contribution in [0.15, 0.2) is 36.5 Å². The van der Waals surface area contributed by atoms with E-state index in [1.165, 1.54) is 0 Å². The summed E-state index contributed by atoms with van der Waals surface area (Å²) in [7, 11) is 0. The molecule has 1 aliphatic carbocycles. The second-order valence-electron chi connectivity index (χ2n) is 7.63. The first-order chi connectivity index (χ1) is 13.1. The van der Waals surface area contributed by atoms with Crippen LogP contribution in [0.5, 0.6) is 0 Å². The number of pyridine rings is 1. The minimum absolute atomic E-state index is 0.0609. The molecule has 1 aromatic carbocycles. The quantitative estimate of drug-likeness (QED) is 0.820. The molecule has 6 nitrogen and oxygen atoms in total. The molecule has 142 valence electrons. The third kappa shape index (κ3) is 3.95. The van der Waals surface area contributed by atoms with Crippen LogP contribution in [0.25, 0.3) is 10.9 Å². The minimum atomic E-state index is -0.287. The molecule has 0 bridgehead atoms. The van der Waals surface area contributed by atoms with Crippen LogP contribution in [0.4, 0.5) is 0 Å². The van der Waals surface area contributed by atoms with E-state index in [-0.39, 0.29) is 29.9 Å². The van der Waals surface area contributed by atoms with E-state index in [1.807, 2.05) is 30.5 Å². The van der Waals surface area contributed by atoms with E-state index in [2.05, 4.69) is 16.4 Å². The summed E-state index contributed by atoms with van der Waals surface area (Å²) >= 11 is 0. The van der Waals surface area contributed by atoms with Gasteiger partial charge < -0.3 is 15.3 Å². The van der Waals surface area contributed by atoms with E-state index >= 15 is 0 Å². The van der Waals surface area contributed by atoms with Gasteiger partial charge in [0.25, 0.3) is 0 Å². The van der Waals surface area contributed by atoms with Crippen molar-refractivity contribution in [3.8, 4) is 0 Å². The Morgan fingerprint density at radius 2 is 2.15 bits per heavy atom. The molecular weight excluding hydrogens is 342 g/mol. The van der Waals surface area contributed by atoms with Crippen LogP contribution in [0.3, 0.4) is 0 Å². The maximum atomic E-state index is 12.5. The van der Waals surface area contributed by atoms with Crippen molar-refractivity contribution < 1.29 is 14.7 Å². The highest BCUT2D eigenvalue weighted by atomic mass is 16.3. The molecule has 1 aromatic heterocycles. The molecule has 0 unspecified atom stereocenters. The Hall–Kier alpha value is -2.47. The second kappa shape index (κ2) is 7.64. The maximum Gasteiger partial charge on any atom is 0.222 e. The number of para-hydroxylation sites is 1. The lowest BCUT2D eigenvalue weighted by atomic mass is 9.75. The zero-order valence-corrected chi connectivity index (χ0v) is 15.3. The van der Waals surface area contributed by atoms with Crippen molar-refractivity contribution in [3.63, 3.8) is 0 Å². The standard InChI is InChI=1S/C21H25N3O3/c25-17-11-15(12-17)21(16-10-14-4-1-2-5-18(14)22-13-16)23-19(26)7-9-24-8-3-6-20(24)27/h1-2,4-5,10,13,15,17,21,25H,3,6-9,11-12H2,(H,23,26)/t15?,17?,21-/m0/s1. The predicted octanol–water partition coefficient (Wildman–Crippen LogP) is 2.18. The number of carbonyl (C=O) groups excluding carboxylic acids is 2. The number of aliphatic hydroxyl groups is 1. The smallest absolute Gasteiger partial charge is 0.222 e. The predicted molar refractivity (Wildman–Crippen MR) is 102 cm³/mol. The molecule has 0 radical (unpaired) electrons. The molecule has 2 N–H and O–H groups in total. The number of likely N-dealkylation sites (tertiary alicyclic amines) is 1. The van der Waals surface area contributed by atoms with Gasteiger partial charge >= 0.3 is 0 Å². The van der Waals surface area contributed by atoms with Crippen LogP contribution in [-0.2, 0) is 9.59 Å². The summed E-state index contributed by atoms with van der Waals surface area (Å²) in [5, 5.41) is 13.9. The molecule has 1 atom stereocenters. The van der Waals surface area contributed by atoms with Gasteiger partial charge in [0.2, 0.25) is 11.8 Å². The number of rotatable bonds is 6. The number of amides is 2. The number of hydrogen-bond donors (Lipinski definition) is 2. The van der Waals surface area contributed by atoms with E-state index in [1.54, 1.807) is 4.90 Å². The lowest BCUT2D eigenvalue weighted by Crippen LogP contribution is -2.42. The van der Waals surface area contributed by atoms with Crippen LogP contribution in [0.2, 0.25) is 0 Å². The third-order valence-corrected chi connectivity index (χ3v) is 5.69. The zero-order valence-electron chi connectivity index (χ0n) is 15.3. The average Bonchev–Trinajstić information content (AvgIpc) is 3.06. The van der Waals surface area contributed by atoms with Crippen molar-refractivity contribution in [2.24, 2.45) is 5.92 Å². The molecule has 0 spiro atoms. The van der Waals surface area contributed by atoms with E-state index in [9.17, 15) is 14.7 Å². The summed E-state index contributed by atoms with van der Waals surface area (Å²) in [6.45, 7) is 1.22. The lowest BCUT2D eigenvalue weighted by molar-refractivity contribution is -0.128. The summed E-state index contributed by atoms with van der Waals surface area (Å²) in [4.78, 5) is 30.5. The summed E-state index contributed by atoms with van der Waals surface area (Å²) in [6.07, 6.45) is 4.68. The molecule has 6 heteroatoms. The third-order valence-electron chi connectivity index (χ3n) is 5.69. The van der Waals surface area contributed by atoms with Crippen LogP contribution in [-0.4, -0.2) is 46.0 Å². The second-order valence-corrected chi connectivity index (χ2v) is 7.63. The summed E-state index contributed by atoms with van der Waals surface area (Å²) in [5.41, 5.74) is 1.89. The highest BCUT2D eigenvalue weighted by Crippen LogP contribution is 2.38. The molecule has 1 saturated carbocycles. The molecule has 2 fully saturated rings. The van der Waals surface area contributed by atoms with Gasteiger partial charge in [-0.2, -0.15) is 0 Å². The summed E-state index contributed by atoms with van der Waals surface area (Å²) in [6, 6.07) is 9.82. The first-order valence-corrected chi connectivity index (χ1v) is 9.70. The van der Waals surface area contributed by atoms with Crippen LogP contribution in [0.1, 0.15) is 43.7 Å². The molecule has 2 aliphatic rings. The van der Waals surface area contributed by atoms with Crippen molar-refractivity contribution in [1.82, 2.24) is 15.2 Å². The number of nitrogens with zero attached hydrogens (tertiary/aromatic N) is 2. The first kappa shape index (κ1) is 17.9. The average molecular weight is 367 g/mol. The van der Waals surface area contributed by atoms with Crippen LogP contribution < -0.4 is 5.32 Å². The van der Waals surface area contributed by atoms with Gasteiger partial charge in [-0.25, -0.2) is 0 Å². The molecule has 1 saturated heterocycles. The van der Waals surface area contributed by atoms with Gasteiger partial charge in [0.05, 0.1) is 17.7 Å². The van der Waals surface area contributed by atoms with Crippen molar-refractivity contribution in [2.45, 2.75) is 44.2 Å². The lowest BCUT2D eigenvalue weighted by Gasteiger charge is -2.38. The monoisotopic (exact) mass is 367 g/mol. The molecule has 2 heterocycles. The number of aromatic nitrogens is 1. The first-order valence-electron chi connectivity index (χ1n) is 9.70. The fraction of sp³-hybridized carbons (Fsp3) is 0.476. The van der Waals surface area contributed by atoms with Gasteiger partial charge in [-0.15, -0.1) is 0 Å². The van der Waals surface area contributed by atoms with Crippen LogP contribution >= 0.6 is 0 Å². The van der Waals surface area contributed by atoms with Crippen molar-refractivity contribution in [1.29, 1.82) is 0 Å². The van der Waals surface area contributed by atoms with Gasteiger partial charge in [-0.1, -0.05) is 18.2 Å². The minimum Gasteiger partial charge on any atom is -0.393 e. The van der Waals surface area contributed by atoms with Gasteiger partial charge in [-0.3, -0.25) is 14.6 Å². The molecule has 1 aliphatic heterocycles.